The van der Waals surface area contributed by atoms with Crippen LogP contribution >= 0.6 is 0 Å². The molecule has 0 aliphatic heterocycles. The fourth-order valence-electron chi connectivity index (χ4n) is 2.13. The third kappa shape index (κ3) is 3.41. The summed E-state index contributed by atoms with van der Waals surface area (Å²) in [4.78, 5) is 26.0. The van der Waals surface area contributed by atoms with Crippen LogP contribution in [0, 0.1) is 25.5 Å². The number of nitrogens with zero attached hydrogens (tertiary/aromatic N) is 1. The number of carbonyl (C=O) groups excluding carboxylic acids is 1. The summed E-state index contributed by atoms with van der Waals surface area (Å²) in [5.74, 6) is -1.78. The van der Waals surface area contributed by atoms with Crippen molar-refractivity contribution in [3.8, 4) is 0 Å². The topological polar surface area (TPSA) is 66.9 Å². The monoisotopic (exact) mass is 309 g/mol. The van der Waals surface area contributed by atoms with Gasteiger partial charge in [-0.05, 0) is 26.0 Å². The molecule has 0 aliphatic rings. The number of halogens is 2. The molecule has 1 aromatic heterocycles. The number of rotatable bonds is 5. The molecule has 0 saturated carbocycles. The molecule has 0 fully saturated rings. The Morgan fingerprint density at radius 1 is 1.27 bits per heavy atom. The summed E-state index contributed by atoms with van der Waals surface area (Å²) < 4.78 is 28.3. The predicted molar refractivity (Wildman–Crippen MR) is 77.3 cm³/mol. The molecule has 0 unspecified atom stereocenters. The van der Waals surface area contributed by atoms with Gasteiger partial charge in [0.1, 0.15) is 11.6 Å². The van der Waals surface area contributed by atoms with Crippen molar-refractivity contribution in [1.82, 2.24) is 14.9 Å². The molecule has 1 heterocycles. The van der Waals surface area contributed by atoms with Crippen LogP contribution in [0.2, 0.25) is 0 Å². The first-order chi connectivity index (χ1) is 10.4. The second-order valence-electron chi connectivity index (χ2n) is 5.02. The molecule has 2 N–H and O–H groups in total. The quantitative estimate of drug-likeness (QED) is 0.884. The number of aromatic amines is 1. The molecule has 0 aliphatic carbocycles. The Labute approximate surface area is 126 Å². The van der Waals surface area contributed by atoms with Crippen molar-refractivity contribution in [1.29, 1.82) is 0 Å². The number of imidazole rings is 1. The maximum absolute atomic E-state index is 13.4. The highest BCUT2D eigenvalue weighted by Crippen LogP contribution is 2.11. The van der Waals surface area contributed by atoms with Crippen molar-refractivity contribution in [2.24, 2.45) is 0 Å². The second-order valence-corrected chi connectivity index (χ2v) is 5.02. The van der Waals surface area contributed by atoms with E-state index in [1.54, 1.807) is 13.8 Å². The molecule has 0 spiro atoms. The maximum Gasteiger partial charge on any atom is 0.325 e. The van der Waals surface area contributed by atoms with Gasteiger partial charge in [0.15, 0.2) is 0 Å². The van der Waals surface area contributed by atoms with Crippen molar-refractivity contribution in [3.05, 3.63) is 57.3 Å². The van der Waals surface area contributed by atoms with E-state index in [0.717, 1.165) is 23.5 Å². The summed E-state index contributed by atoms with van der Waals surface area (Å²) in [5.41, 5.74) is 1.06. The minimum absolute atomic E-state index is 0.0497. The van der Waals surface area contributed by atoms with Gasteiger partial charge in [-0.25, -0.2) is 13.6 Å². The first kappa shape index (κ1) is 15.9. The van der Waals surface area contributed by atoms with Crippen LogP contribution in [0.25, 0.3) is 0 Å². The summed E-state index contributed by atoms with van der Waals surface area (Å²) >= 11 is 0. The molecule has 1 aromatic carbocycles. The predicted octanol–water partition coefficient (Wildman–Crippen LogP) is 1.78. The Morgan fingerprint density at radius 2 is 1.91 bits per heavy atom. The van der Waals surface area contributed by atoms with Crippen LogP contribution in [-0.2, 0) is 17.9 Å². The number of nitrogens with one attached hydrogen (secondary N) is 2. The van der Waals surface area contributed by atoms with Gasteiger partial charge in [-0.2, -0.15) is 0 Å². The number of hydrogen-bond donors (Lipinski definition) is 2. The lowest BCUT2D eigenvalue weighted by atomic mass is 10.2. The number of benzene rings is 1. The van der Waals surface area contributed by atoms with E-state index in [-0.39, 0.29) is 36.7 Å². The van der Waals surface area contributed by atoms with Crippen LogP contribution in [0.4, 0.5) is 8.78 Å². The van der Waals surface area contributed by atoms with Gasteiger partial charge in [0.25, 0.3) is 0 Å². The van der Waals surface area contributed by atoms with Crippen LogP contribution in [-0.4, -0.2) is 15.5 Å². The lowest BCUT2D eigenvalue weighted by molar-refractivity contribution is -0.121. The van der Waals surface area contributed by atoms with Crippen LogP contribution in [0.15, 0.2) is 23.0 Å². The Kier molecular flexibility index (Phi) is 4.75. The van der Waals surface area contributed by atoms with Crippen LogP contribution in [0.3, 0.4) is 0 Å². The van der Waals surface area contributed by atoms with Crippen LogP contribution in [0.5, 0.6) is 0 Å². The zero-order chi connectivity index (χ0) is 16.3. The van der Waals surface area contributed by atoms with E-state index in [9.17, 15) is 18.4 Å². The zero-order valence-corrected chi connectivity index (χ0v) is 12.4. The van der Waals surface area contributed by atoms with Gasteiger partial charge in [-0.1, -0.05) is 6.07 Å². The fraction of sp³-hybridized carbons (Fsp3) is 0.333. The molecular formula is C15H17F2N3O2. The number of aryl methyl sites for hydroxylation is 1. The van der Waals surface area contributed by atoms with Gasteiger partial charge in [0.05, 0.1) is 0 Å². The first-order valence-electron chi connectivity index (χ1n) is 6.85. The van der Waals surface area contributed by atoms with E-state index >= 15 is 0 Å². The third-order valence-electron chi connectivity index (χ3n) is 3.57. The van der Waals surface area contributed by atoms with E-state index < -0.39 is 11.6 Å². The van der Waals surface area contributed by atoms with Gasteiger partial charge in [-0.3, -0.25) is 9.36 Å². The van der Waals surface area contributed by atoms with Crippen LogP contribution < -0.4 is 11.0 Å². The highest BCUT2D eigenvalue weighted by atomic mass is 19.1. The lowest BCUT2D eigenvalue weighted by Crippen LogP contribution is -2.27. The largest absolute Gasteiger partial charge is 0.352 e. The van der Waals surface area contributed by atoms with Crippen molar-refractivity contribution >= 4 is 5.91 Å². The Balaban J connectivity index is 1.93. The molecule has 22 heavy (non-hydrogen) atoms. The molecule has 0 radical (unpaired) electrons. The molecule has 1 amide bonds. The highest BCUT2D eigenvalue weighted by molar-refractivity contribution is 5.75. The van der Waals surface area contributed by atoms with Crippen LogP contribution in [0.1, 0.15) is 23.4 Å². The standard InChI is InChI=1S/C15H17F2N3O2/c1-9-10(2)20(15(22)19-9)7-6-14(21)18-8-11-12(16)4-3-5-13(11)17/h3-5H,6-8H2,1-2H3,(H,18,21)(H,19,22). The van der Waals surface area contributed by atoms with Gasteiger partial charge in [0, 0.05) is 36.5 Å². The molecule has 0 bridgehead atoms. The highest BCUT2D eigenvalue weighted by Gasteiger charge is 2.11. The summed E-state index contributed by atoms with van der Waals surface area (Å²) in [5, 5.41) is 2.45. The van der Waals surface area contributed by atoms with Gasteiger partial charge < -0.3 is 10.3 Å². The van der Waals surface area contributed by atoms with Crippen molar-refractivity contribution in [3.63, 3.8) is 0 Å². The molecule has 0 saturated heterocycles. The number of aromatic nitrogens is 2. The molecular weight excluding hydrogens is 292 g/mol. The average Bonchev–Trinajstić information content (AvgIpc) is 2.69. The van der Waals surface area contributed by atoms with Crippen molar-refractivity contribution in [2.75, 3.05) is 0 Å². The smallest absolute Gasteiger partial charge is 0.325 e. The number of H-pyrrole nitrogens is 1. The zero-order valence-electron chi connectivity index (χ0n) is 12.4. The van der Waals surface area contributed by atoms with Crippen molar-refractivity contribution in [2.45, 2.75) is 33.4 Å². The van der Waals surface area contributed by atoms with Crippen molar-refractivity contribution < 1.29 is 13.6 Å². The van der Waals surface area contributed by atoms with E-state index in [2.05, 4.69) is 10.3 Å². The van der Waals surface area contributed by atoms with E-state index in [1.807, 2.05) is 0 Å². The third-order valence-corrected chi connectivity index (χ3v) is 3.57. The minimum Gasteiger partial charge on any atom is -0.352 e. The van der Waals surface area contributed by atoms with Gasteiger partial charge >= 0.3 is 5.69 Å². The molecule has 0 atom stereocenters. The molecule has 2 aromatic rings. The second kappa shape index (κ2) is 6.55. The molecule has 118 valence electrons. The fourth-order valence-corrected chi connectivity index (χ4v) is 2.13. The first-order valence-corrected chi connectivity index (χ1v) is 6.85. The minimum atomic E-state index is -0.700. The summed E-state index contributed by atoms with van der Waals surface area (Å²) in [7, 11) is 0. The van der Waals surface area contributed by atoms with E-state index in [0.29, 0.717) is 0 Å². The SMILES string of the molecule is Cc1[nH]c(=O)n(CCC(=O)NCc2c(F)cccc2F)c1C. The molecule has 7 heteroatoms. The Bertz CT molecular complexity index is 729. The summed E-state index contributed by atoms with van der Waals surface area (Å²) in [6.07, 6.45) is 0.0497. The Morgan fingerprint density at radius 3 is 2.45 bits per heavy atom. The van der Waals surface area contributed by atoms with Gasteiger partial charge in [-0.15, -0.1) is 0 Å². The normalized spacial score (nSPS) is 10.7. The van der Waals surface area contributed by atoms with E-state index in [4.69, 9.17) is 0 Å². The lowest BCUT2D eigenvalue weighted by Gasteiger charge is -2.08. The summed E-state index contributed by atoms with van der Waals surface area (Å²) in [6, 6.07) is 3.53. The van der Waals surface area contributed by atoms with Gasteiger partial charge in [0.2, 0.25) is 5.91 Å². The Hall–Kier alpha value is -2.44. The van der Waals surface area contributed by atoms with E-state index in [1.165, 1.54) is 10.6 Å². The molecule has 5 nitrogen and oxygen atoms in total. The summed E-state index contributed by atoms with van der Waals surface area (Å²) in [6.45, 7) is 3.53. The number of hydrogen-bond acceptors (Lipinski definition) is 2. The number of amides is 1. The molecule has 2 rings (SSSR count). The number of carbonyl (C=O) groups is 1. The maximum atomic E-state index is 13.4. The average molecular weight is 309 g/mol.